The number of benzene rings is 6. The molecule has 1 aliphatic rings. The van der Waals surface area contributed by atoms with Gasteiger partial charge in [-0.2, -0.15) is 0 Å². The standard InChI is InChI=1S/C54H54N6O3/c1-5-7-32-49-48(37-39-22-21-25-42(36-39)53(61)62-3)51(55-50(33-8-6-2)59(49)63-4)41-34-35-46(40-23-13-9-14-24-40)47(38-41)52-56-57-58-60(52)54(43-26-15-10-16-27-43,44-28-17-11-18-29-44)45-30-19-12-20-31-45/h9-31,34-36,38,50H,5-8,32-33,37H2,1-4H3. The molecule has 1 atom stereocenters. The highest BCUT2D eigenvalue weighted by Crippen LogP contribution is 2.44. The summed E-state index contributed by atoms with van der Waals surface area (Å²) in [6.07, 6.45) is 5.94. The van der Waals surface area contributed by atoms with E-state index in [2.05, 4.69) is 140 Å². The summed E-state index contributed by atoms with van der Waals surface area (Å²) in [5.41, 5.74) is 10.4. The van der Waals surface area contributed by atoms with Gasteiger partial charge in [0.15, 0.2) is 5.82 Å². The van der Waals surface area contributed by atoms with Crippen LogP contribution >= 0.6 is 0 Å². The van der Waals surface area contributed by atoms with E-state index >= 15 is 0 Å². The van der Waals surface area contributed by atoms with Crippen molar-refractivity contribution >= 4 is 11.7 Å². The molecule has 8 rings (SSSR count). The molecule has 0 aliphatic carbocycles. The van der Waals surface area contributed by atoms with Crippen molar-refractivity contribution in [3.05, 3.63) is 208 Å². The van der Waals surface area contributed by atoms with Crippen molar-refractivity contribution in [3.63, 3.8) is 0 Å². The van der Waals surface area contributed by atoms with Gasteiger partial charge in [-0.1, -0.05) is 172 Å². The number of nitrogens with zero attached hydrogens (tertiary/aromatic N) is 6. The number of esters is 1. The first-order valence-corrected chi connectivity index (χ1v) is 22.0. The molecule has 1 aromatic heterocycles. The number of hydroxylamine groups is 2. The zero-order valence-electron chi connectivity index (χ0n) is 36.5. The van der Waals surface area contributed by atoms with Crippen molar-refractivity contribution < 1.29 is 14.4 Å². The maximum Gasteiger partial charge on any atom is 0.337 e. The van der Waals surface area contributed by atoms with E-state index in [1.807, 2.05) is 46.1 Å². The van der Waals surface area contributed by atoms with Gasteiger partial charge in [0, 0.05) is 28.8 Å². The summed E-state index contributed by atoms with van der Waals surface area (Å²) >= 11 is 0. The molecule has 7 aromatic rings. The van der Waals surface area contributed by atoms with Crippen molar-refractivity contribution in [2.45, 2.75) is 70.5 Å². The Labute approximate surface area is 370 Å². The first-order chi connectivity index (χ1) is 31.0. The van der Waals surface area contributed by atoms with Gasteiger partial charge >= 0.3 is 5.97 Å². The molecule has 0 bridgehead atoms. The second-order valence-corrected chi connectivity index (χ2v) is 15.9. The first-order valence-electron chi connectivity index (χ1n) is 22.0. The highest BCUT2D eigenvalue weighted by Gasteiger charge is 2.42. The van der Waals surface area contributed by atoms with E-state index in [-0.39, 0.29) is 12.1 Å². The summed E-state index contributed by atoms with van der Waals surface area (Å²) in [5, 5.41) is 16.4. The van der Waals surface area contributed by atoms with Crippen LogP contribution in [0.3, 0.4) is 0 Å². The number of aromatic nitrogens is 4. The lowest BCUT2D eigenvalue weighted by Gasteiger charge is -2.37. The minimum absolute atomic E-state index is 0.230. The van der Waals surface area contributed by atoms with Crippen molar-refractivity contribution in [1.82, 2.24) is 25.3 Å². The van der Waals surface area contributed by atoms with Crippen LogP contribution in [0.4, 0.5) is 0 Å². The number of rotatable bonds is 17. The zero-order chi connectivity index (χ0) is 43.6. The van der Waals surface area contributed by atoms with Crippen LogP contribution in [0.1, 0.15) is 90.5 Å². The zero-order valence-corrected chi connectivity index (χ0v) is 36.5. The molecule has 6 aromatic carbocycles. The van der Waals surface area contributed by atoms with E-state index in [1.165, 1.54) is 7.11 Å². The summed E-state index contributed by atoms with van der Waals surface area (Å²) in [5.74, 6) is 0.233. The highest BCUT2D eigenvalue weighted by atomic mass is 16.7. The average molecular weight is 835 g/mol. The number of carbonyl (C=O) groups is 1. The molecule has 318 valence electrons. The van der Waals surface area contributed by atoms with Gasteiger partial charge in [-0.25, -0.2) is 14.5 Å². The molecule has 0 spiro atoms. The maximum absolute atomic E-state index is 12.8. The number of aliphatic imine (C=N–C) groups is 1. The fraction of sp³-hybridized carbons (Fsp3) is 0.241. The number of carbonyl (C=O) groups excluding carboxylic acids is 1. The van der Waals surface area contributed by atoms with Crippen LogP contribution in [-0.2, 0) is 21.5 Å². The Kier molecular flexibility index (Phi) is 13.4. The molecule has 1 unspecified atom stereocenters. The molecule has 0 fully saturated rings. The third-order valence-corrected chi connectivity index (χ3v) is 11.9. The first kappa shape index (κ1) is 42.7. The van der Waals surface area contributed by atoms with Crippen LogP contribution in [0, 0.1) is 0 Å². The largest absolute Gasteiger partial charge is 0.465 e. The van der Waals surface area contributed by atoms with E-state index < -0.39 is 5.54 Å². The van der Waals surface area contributed by atoms with Gasteiger partial charge in [0.2, 0.25) is 0 Å². The number of hydrogen-bond acceptors (Lipinski definition) is 8. The maximum atomic E-state index is 12.8. The fourth-order valence-electron chi connectivity index (χ4n) is 8.93. The number of allylic oxidation sites excluding steroid dienone is 2. The normalized spacial score (nSPS) is 14.1. The van der Waals surface area contributed by atoms with Crippen LogP contribution in [0.15, 0.2) is 180 Å². The third-order valence-electron chi connectivity index (χ3n) is 11.9. The number of tetrazole rings is 1. The van der Waals surface area contributed by atoms with E-state index in [1.54, 1.807) is 13.2 Å². The monoisotopic (exact) mass is 834 g/mol. The van der Waals surface area contributed by atoms with Crippen LogP contribution in [0.25, 0.3) is 22.5 Å². The predicted molar refractivity (Wildman–Crippen MR) is 250 cm³/mol. The van der Waals surface area contributed by atoms with Crippen LogP contribution in [0.2, 0.25) is 0 Å². The van der Waals surface area contributed by atoms with Crippen molar-refractivity contribution in [2.24, 2.45) is 4.99 Å². The van der Waals surface area contributed by atoms with E-state index in [4.69, 9.17) is 24.9 Å². The van der Waals surface area contributed by atoms with Crippen LogP contribution in [-0.4, -0.2) is 57.3 Å². The van der Waals surface area contributed by atoms with Gasteiger partial charge in [0.25, 0.3) is 0 Å². The lowest BCUT2D eigenvalue weighted by atomic mass is 9.76. The van der Waals surface area contributed by atoms with E-state index in [0.29, 0.717) is 17.8 Å². The fourth-order valence-corrected chi connectivity index (χ4v) is 8.93. The lowest BCUT2D eigenvalue weighted by molar-refractivity contribution is -0.136. The molecule has 9 nitrogen and oxygen atoms in total. The topological polar surface area (TPSA) is 94.7 Å². The van der Waals surface area contributed by atoms with Gasteiger partial charge in [0.05, 0.1) is 25.5 Å². The molecule has 0 radical (unpaired) electrons. The smallest absolute Gasteiger partial charge is 0.337 e. The van der Waals surface area contributed by atoms with E-state index in [9.17, 15) is 4.79 Å². The van der Waals surface area contributed by atoms with E-state index in [0.717, 1.165) is 100 Å². The van der Waals surface area contributed by atoms with Crippen molar-refractivity contribution in [1.29, 1.82) is 0 Å². The molecule has 0 saturated carbocycles. The molecular weight excluding hydrogens is 781 g/mol. The minimum Gasteiger partial charge on any atom is -0.465 e. The van der Waals surface area contributed by atoms with Crippen LogP contribution < -0.4 is 0 Å². The van der Waals surface area contributed by atoms with Gasteiger partial charge in [-0.05, 0) is 87.7 Å². The minimum atomic E-state index is -0.956. The Hall–Kier alpha value is -6.97. The number of hydrogen-bond donors (Lipinski definition) is 0. The molecule has 0 amide bonds. The predicted octanol–water partition coefficient (Wildman–Crippen LogP) is 11.5. The summed E-state index contributed by atoms with van der Waals surface area (Å²) in [7, 11) is 3.15. The summed E-state index contributed by atoms with van der Waals surface area (Å²) in [6.45, 7) is 4.42. The molecule has 1 aliphatic heterocycles. The van der Waals surface area contributed by atoms with Gasteiger partial charge in [-0.15, -0.1) is 5.10 Å². The molecular formula is C54H54N6O3. The Morgan fingerprint density at radius 1 is 0.667 bits per heavy atom. The quantitative estimate of drug-likeness (QED) is 0.0666. The van der Waals surface area contributed by atoms with Crippen molar-refractivity contribution in [3.8, 4) is 22.5 Å². The molecule has 9 heteroatoms. The summed E-state index contributed by atoms with van der Waals surface area (Å²) < 4.78 is 7.12. The van der Waals surface area contributed by atoms with Crippen LogP contribution in [0.5, 0.6) is 0 Å². The Morgan fingerprint density at radius 3 is 1.87 bits per heavy atom. The number of unbranched alkanes of at least 4 members (excludes halogenated alkanes) is 2. The van der Waals surface area contributed by atoms with Gasteiger partial charge < -0.3 is 4.74 Å². The van der Waals surface area contributed by atoms with Gasteiger partial charge in [0.1, 0.15) is 11.7 Å². The molecule has 0 N–H and O–H groups in total. The van der Waals surface area contributed by atoms with Gasteiger partial charge in [-0.3, -0.25) is 9.83 Å². The molecule has 2 heterocycles. The Morgan fingerprint density at radius 2 is 1.29 bits per heavy atom. The SMILES string of the molecule is CCCCC1=C(Cc2cccc(C(=O)OC)c2)C(c2ccc(-c3ccccc3)c(-c3nnnn3C(c3ccccc3)(c3ccccc3)c3ccccc3)c2)=NC(CCCC)N1OC. The second kappa shape index (κ2) is 19.8. The second-order valence-electron chi connectivity index (χ2n) is 15.9. The number of methoxy groups -OCH3 is 1. The molecule has 63 heavy (non-hydrogen) atoms. The summed E-state index contributed by atoms with van der Waals surface area (Å²) in [6, 6.07) is 56.1. The summed E-state index contributed by atoms with van der Waals surface area (Å²) in [4.78, 5) is 24.6. The average Bonchev–Trinajstić information content (AvgIpc) is 3.84. The lowest BCUT2D eigenvalue weighted by Crippen LogP contribution is -2.39. The highest BCUT2D eigenvalue weighted by molar-refractivity contribution is 6.14. The van der Waals surface area contributed by atoms with Crippen molar-refractivity contribution in [2.75, 3.05) is 14.2 Å². The Bertz CT molecular complexity index is 2580. The number of ether oxygens (including phenoxy) is 1. The Balaban J connectivity index is 1.40. The molecule has 0 saturated heterocycles. The third kappa shape index (κ3) is 8.61.